The van der Waals surface area contributed by atoms with Crippen molar-refractivity contribution in [3.05, 3.63) is 16.3 Å². The summed E-state index contributed by atoms with van der Waals surface area (Å²) in [4.78, 5) is 8.99. The van der Waals surface area contributed by atoms with Crippen molar-refractivity contribution >= 4 is 29.0 Å². The first kappa shape index (κ1) is 12.8. The van der Waals surface area contributed by atoms with Gasteiger partial charge < -0.3 is 10.0 Å². The van der Waals surface area contributed by atoms with Gasteiger partial charge in [0, 0.05) is 13.1 Å². The molecule has 7 heteroatoms. The van der Waals surface area contributed by atoms with Crippen molar-refractivity contribution < 1.29 is 9.50 Å². The van der Waals surface area contributed by atoms with Gasteiger partial charge >= 0.3 is 0 Å². The lowest BCUT2D eigenvalue weighted by Crippen LogP contribution is -2.46. The van der Waals surface area contributed by atoms with Gasteiger partial charge in [0.25, 0.3) is 0 Å². The van der Waals surface area contributed by atoms with Crippen molar-refractivity contribution in [2.45, 2.75) is 25.4 Å². The number of hydrogen-bond donors (Lipinski definition) is 1. The van der Waals surface area contributed by atoms with Crippen LogP contribution in [0.3, 0.4) is 0 Å². The maximum Gasteiger partial charge on any atom is 0.225 e. The quantitative estimate of drug-likeness (QED) is 0.633. The van der Waals surface area contributed by atoms with Crippen LogP contribution in [0.15, 0.2) is 0 Å². The van der Waals surface area contributed by atoms with E-state index in [1.165, 1.54) is 0 Å². The third-order valence-corrected chi connectivity index (χ3v) is 3.16. The predicted octanol–water partition coefficient (Wildman–Crippen LogP) is 2.27. The molecule has 0 saturated carbocycles. The molecule has 0 bridgehead atoms. The molecule has 1 aliphatic rings. The summed E-state index contributed by atoms with van der Waals surface area (Å²) in [5, 5.41) is 9.56. The van der Waals surface area contributed by atoms with Crippen LogP contribution in [0.4, 0.5) is 10.2 Å². The molecule has 0 amide bonds. The largest absolute Gasteiger partial charge is 0.388 e. The van der Waals surface area contributed by atoms with E-state index in [1.54, 1.807) is 11.8 Å². The lowest BCUT2D eigenvalue weighted by atomic mass is 9.95. The van der Waals surface area contributed by atoms with Gasteiger partial charge in [0.15, 0.2) is 11.0 Å². The highest BCUT2D eigenvalue weighted by molar-refractivity contribution is 6.32. The Morgan fingerprint density at radius 2 is 2.12 bits per heavy atom. The van der Waals surface area contributed by atoms with E-state index >= 15 is 0 Å². The van der Waals surface area contributed by atoms with Gasteiger partial charge in [-0.3, -0.25) is 0 Å². The van der Waals surface area contributed by atoms with Crippen LogP contribution in [-0.2, 0) is 0 Å². The summed E-state index contributed by atoms with van der Waals surface area (Å²) >= 11 is 11.3. The Labute approximate surface area is 108 Å². The molecule has 94 valence electrons. The number of hydrogen-bond acceptors (Lipinski definition) is 4. The number of rotatable bonds is 1. The normalized spacial score (nSPS) is 25.1. The SMILES string of the molecule is C[C@@]1(O)CCCN(c2nc(Cl)nc(Cl)c2F)C1. The van der Waals surface area contributed by atoms with Gasteiger partial charge in [0.05, 0.1) is 5.60 Å². The summed E-state index contributed by atoms with van der Waals surface area (Å²) in [7, 11) is 0. The highest BCUT2D eigenvalue weighted by atomic mass is 35.5. The Morgan fingerprint density at radius 3 is 2.76 bits per heavy atom. The molecule has 1 aliphatic heterocycles. The van der Waals surface area contributed by atoms with Crippen molar-refractivity contribution in [2.75, 3.05) is 18.0 Å². The van der Waals surface area contributed by atoms with Crippen LogP contribution < -0.4 is 4.90 Å². The van der Waals surface area contributed by atoms with E-state index in [-0.39, 0.29) is 16.3 Å². The van der Waals surface area contributed by atoms with Crippen molar-refractivity contribution in [1.82, 2.24) is 9.97 Å². The number of piperidine rings is 1. The Bertz CT molecular complexity index is 442. The Morgan fingerprint density at radius 1 is 1.41 bits per heavy atom. The van der Waals surface area contributed by atoms with E-state index in [9.17, 15) is 9.50 Å². The van der Waals surface area contributed by atoms with Crippen LogP contribution in [0, 0.1) is 5.82 Å². The molecule has 0 aromatic carbocycles. The molecule has 0 unspecified atom stereocenters. The van der Waals surface area contributed by atoms with E-state index in [2.05, 4.69) is 9.97 Å². The average molecular weight is 280 g/mol. The predicted molar refractivity (Wildman–Crippen MR) is 64.1 cm³/mol. The Balaban J connectivity index is 2.34. The monoisotopic (exact) mass is 279 g/mol. The molecular formula is C10H12Cl2FN3O. The minimum Gasteiger partial charge on any atom is -0.388 e. The van der Waals surface area contributed by atoms with E-state index in [0.717, 1.165) is 6.42 Å². The van der Waals surface area contributed by atoms with Gasteiger partial charge in [0.2, 0.25) is 11.1 Å². The zero-order valence-corrected chi connectivity index (χ0v) is 10.8. The van der Waals surface area contributed by atoms with E-state index in [1.807, 2.05) is 0 Å². The molecule has 2 heterocycles. The van der Waals surface area contributed by atoms with E-state index in [0.29, 0.717) is 19.5 Å². The van der Waals surface area contributed by atoms with Crippen LogP contribution in [0.1, 0.15) is 19.8 Å². The molecule has 1 fully saturated rings. The van der Waals surface area contributed by atoms with Gasteiger partial charge in [-0.25, -0.2) is 4.98 Å². The summed E-state index contributed by atoms with van der Waals surface area (Å²) in [6.07, 6.45) is 1.43. The maximum absolute atomic E-state index is 13.8. The number of anilines is 1. The zero-order chi connectivity index (χ0) is 12.6. The smallest absolute Gasteiger partial charge is 0.225 e. The van der Waals surface area contributed by atoms with Crippen molar-refractivity contribution in [3.63, 3.8) is 0 Å². The van der Waals surface area contributed by atoms with Crippen LogP contribution >= 0.6 is 23.2 Å². The second-order valence-corrected chi connectivity index (χ2v) is 5.14. The fourth-order valence-corrected chi connectivity index (χ4v) is 2.37. The highest BCUT2D eigenvalue weighted by Gasteiger charge is 2.31. The van der Waals surface area contributed by atoms with Crippen LogP contribution in [-0.4, -0.2) is 33.8 Å². The van der Waals surface area contributed by atoms with Crippen molar-refractivity contribution in [2.24, 2.45) is 0 Å². The number of halogens is 3. The summed E-state index contributed by atoms with van der Waals surface area (Å²) in [5.74, 6) is -0.649. The molecule has 0 radical (unpaired) electrons. The van der Waals surface area contributed by atoms with Crippen LogP contribution in [0.5, 0.6) is 0 Å². The van der Waals surface area contributed by atoms with Gasteiger partial charge in [0.1, 0.15) is 0 Å². The topological polar surface area (TPSA) is 49.2 Å². The average Bonchev–Trinajstić information content (AvgIpc) is 2.22. The van der Waals surface area contributed by atoms with E-state index < -0.39 is 11.4 Å². The lowest BCUT2D eigenvalue weighted by Gasteiger charge is -2.37. The van der Waals surface area contributed by atoms with Gasteiger partial charge in [-0.15, -0.1) is 0 Å². The van der Waals surface area contributed by atoms with Crippen molar-refractivity contribution in [1.29, 1.82) is 0 Å². The molecule has 1 aromatic rings. The first-order valence-electron chi connectivity index (χ1n) is 5.25. The van der Waals surface area contributed by atoms with Gasteiger partial charge in [-0.05, 0) is 31.4 Å². The minimum absolute atomic E-state index is 0.0509. The van der Waals surface area contributed by atoms with Gasteiger partial charge in [-0.2, -0.15) is 9.37 Å². The highest BCUT2D eigenvalue weighted by Crippen LogP contribution is 2.29. The molecule has 1 saturated heterocycles. The summed E-state index contributed by atoms with van der Waals surface area (Å²) in [6, 6.07) is 0. The number of aromatic nitrogens is 2. The fourth-order valence-electron chi connectivity index (χ4n) is 1.99. The zero-order valence-electron chi connectivity index (χ0n) is 9.25. The first-order valence-corrected chi connectivity index (χ1v) is 6.00. The van der Waals surface area contributed by atoms with Gasteiger partial charge in [-0.1, -0.05) is 11.6 Å². The molecule has 0 spiro atoms. The first-order chi connectivity index (χ1) is 7.89. The molecule has 1 N–H and O–H groups in total. The molecule has 2 rings (SSSR count). The number of nitrogens with zero attached hydrogens (tertiary/aromatic N) is 3. The standard InChI is InChI=1S/C10H12Cl2FN3O/c1-10(17)3-2-4-16(5-10)8-6(13)7(11)14-9(12)15-8/h17H,2-5H2,1H3/t10-/m1/s1. The fraction of sp³-hybridized carbons (Fsp3) is 0.600. The summed E-state index contributed by atoms with van der Waals surface area (Å²) in [5.41, 5.74) is -0.853. The Kier molecular flexibility index (Phi) is 3.43. The molecule has 17 heavy (non-hydrogen) atoms. The maximum atomic E-state index is 13.8. The molecule has 4 nitrogen and oxygen atoms in total. The lowest BCUT2D eigenvalue weighted by molar-refractivity contribution is 0.0445. The number of aliphatic hydroxyl groups is 1. The Hall–Kier alpha value is -0.650. The third-order valence-electron chi connectivity index (χ3n) is 2.74. The van der Waals surface area contributed by atoms with Crippen LogP contribution in [0.25, 0.3) is 0 Å². The molecule has 1 atom stereocenters. The van der Waals surface area contributed by atoms with E-state index in [4.69, 9.17) is 23.2 Å². The second kappa shape index (κ2) is 4.55. The molecule has 0 aliphatic carbocycles. The molecular weight excluding hydrogens is 268 g/mol. The van der Waals surface area contributed by atoms with Crippen molar-refractivity contribution in [3.8, 4) is 0 Å². The number of β-amino-alcohol motifs (C(OH)–C–C–N with tert-alkyl or cyclic N) is 1. The molecule has 1 aromatic heterocycles. The minimum atomic E-state index is -0.853. The van der Waals surface area contributed by atoms with Crippen LogP contribution in [0.2, 0.25) is 10.4 Å². The summed E-state index contributed by atoms with van der Waals surface area (Å²) < 4.78 is 13.8. The third kappa shape index (κ3) is 2.78. The second-order valence-electron chi connectivity index (χ2n) is 4.44. The summed E-state index contributed by atoms with van der Waals surface area (Å²) in [6.45, 7) is 2.62.